The zero-order valence-corrected chi connectivity index (χ0v) is 12.3. The van der Waals surface area contributed by atoms with E-state index in [-0.39, 0.29) is 5.41 Å². The van der Waals surface area contributed by atoms with E-state index in [2.05, 4.69) is 66.0 Å². The molecule has 0 amide bonds. The zero-order chi connectivity index (χ0) is 14.1. The standard InChI is InChI=1S/C20H21N/c1-2-5-16(6-3-1)14-20(11-12-21-15-20)19-10-9-17-7-4-8-18(17)13-19/h1-7,9-10,13,21H,8,11-12,14-15H2/t20-/m1/s1. The molecule has 0 saturated carbocycles. The van der Waals surface area contributed by atoms with Crippen LogP contribution in [0.1, 0.15) is 28.7 Å². The van der Waals surface area contributed by atoms with Gasteiger partial charge in [0.05, 0.1) is 0 Å². The fourth-order valence-corrected chi connectivity index (χ4v) is 3.82. The first kappa shape index (κ1) is 12.8. The Morgan fingerprint density at radius 2 is 1.95 bits per heavy atom. The highest BCUT2D eigenvalue weighted by atomic mass is 14.9. The summed E-state index contributed by atoms with van der Waals surface area (Å²) in [5.74, 6) is 0. The van der Waals surface area contributed by atoms with Crippen LogP contribution in [0, 0.1) is 0 Å². The molecule has 1 atom stereocenters. The first-order valence-corrected chi connectivity index (χ1v) is 7.90. The van der Waals surface area contributed by atoms with E-state index in [1.165, 1.54) is 28.7 Å². The van der Waals surface area contributed by atoms with Gasteiger partial charge in [-0.2, -0.15) is 0 Å². The molecule has 2 aromatic carbocycles. The summed E-state index contributed by atoms with van der Waals surface area (Å²) in [5, 5.41) is 3.58. The molecule has 0 bridgehead atoms. The second kappa shape index (κ2) is 5.16. The van der Waals surface area contributed by atoms with E-state index in [9.17, 15) is 0 Å². The molecule has 1 aliphatic heterocycles. The van der Waals surface area contributed by atoms with E-state index in [4.69, 9.17) is 0 Å². The van der Waals surface area contributed by atoms with E-state index in [0.717, 1.165) is 25.9 Å². The van der Waals surface area contributed by atoms with E-state index >= 15 is 0 Å². The Morgan fingerprint density at radius 3 is 2.76 bits per heavy atom. The highest BCUT2D eigenvalue weighted by Gasteiger charge is 2.36. The fraction of sp³-hybridized carbons (Fsp3) is 0.300. The average Bonchev–Trinajstić information content (AvgIpc) is 3.17. The zero-order valence-electron chi connectivity index (χ0n) is 12.3. The van der Waals surface area contributed by atoms with Crippen LogP contribution >= 0.6 is 0 Å². The topological polar surface area (TPSA) is 12.0 Å². The first-order valence-electron chi connectivity index (χ1n) is 7.90. The van der Waals surface area contributed by atoms with Crippen molar-refractivity contribution in [2.45, 2.75) is 24.7 Å². The smallest absolute Gasteiger partial charge is 0.0130 e. The Labute approximate surface area is 126 Å². The molecule has 1 fully saturated rings. The Kier molecular flexibility index (Phi) is 3.16. The Morgan fingerprint density at radius 1 is 1.05 bits per heavy atom. The minimum absolute atomic E-state index is 0.263. The van der Waals surface area contributed by atoms with Crippen molar-refractivity contribution in [2.75, 3.05) is 13.1 Å². The molecule has 1 aliphatic carbocycles. The van der Waals surface area contributed by atoms with Crippen LogP contribution in [0.3, 0.4) is 0 Å². The monoisotopic (exact) mass is 275 g/mol. The van der Waals surface area contributed by atoms with Gasteiger partial charge < -0.3 is 5.32 Å². The van der Waals surface area contributed by atoms with Gasteiger partial charge in [0.25, 0.3) is 0 Å². The third-order valence-electron chi connectivity index (χ3n) is 5.02. The van der Waals surface area contributed by atoms with E-state index in [1.807, 2.05) is 0 Å². The van der Waals surface area contributed by atoms with Gasteiger partial charge in [0, 0.05) is 12.0 Å². The van der Waals surface area contributed by atoms with Crippen molar-refractivity contribution in [3.63, 3.8) is 0 Å². The fourth-order valence-electron chi connectivity index (χ4n) is 3.82. The van der Waals surface area contributed by atoms with Crippen LogP contribution < -0.4 is 5.32 Å². The molecule has 0 spiro atoms. The summed E-state index contributed by atoms with van der Waals surface area (Å²) >= 11 is 0. The SMILES string of the molecule is C1=Cc2ccc([C@@]3(Cc4ccccc4)CCNC3)cc2C1. The van der Waals surface area contributed by atoms with E-state index in [1.54, 1.807) is 0 Å². The summed E-state index contributed by atoms with van der Waals surface area (Å²) < 4.78 is 0. The third-order valence-corrected chi connectivity index (χ3v) is 5.02. The van der Waals surface area contributed by atoms with Crippen molar-refractivity contribution in [2.24, 2.45) is 0 Å². The van der Waals surface area contributed by atoms with Crippen LogP contribution in [0.5, 0.6) is 0 Å². The second-order valence-electron chi connectivity index (χ2n) is 6.39. The number of allylic oxidation sites excluding steroid dienone is 1. The van der Waals surface area contributed by atoms with Crippen molar-refractivity contribution in [1.29, 1.82) is 0 Å². The molecule has 0 radical (unpaired) electrons. The molecule has 1 N–H and O–H groups in total. The van der Waals surface area contributed by atoms with Crippen molar-refractivity contribution in [3.05, 3.63) is 76.9 Å². The quantitative estimate of drug-likeness (QED) is 0.900. The highest BCUT2D eigenvalue weighted by molar-refractivity contribution is 5.61. The lowest BCUT2D eigenvalue weighted by Crippen LogP contribution is -2.31. The van der Waals surface area contributed by atoms with Gasteiger partial charge in [-0.15, -0.1) is 0 Å². The van der Waals surface area contributed by atoms with Gasteiger partial charge >= 0.3 is 0 Å². The van der Waals surface area contributed by atoms with Crippen LogP contribution in [0.15, 0.2) is 54.6 Å². The van der Waals surface area contributed by atoms with Crippen molar-refractivity contribution in [3.8, 4) is 0 Å². The lowest BCUT2D eigenvalue weighted by atomic mass is 9.74. The maximum atomic E-state index is 3.58. The molecule has 106 valence electrons. The molecule has 21 heavy (non-hydrogen) atoms. The largest absolute Gasteiger partial charge is 0.316 e. The Bertz CT molecular complexity index is 663. The minimum atomic E-state index is 0.263. The molecule has 0 aromatic heterocycles. The molecule has 2 aromatic rings. The van der Waals surface area contributed by atoms with Crippen LogP contribution in [0.4, 0.5) is 0 Å². The molecular weight excluding hydrogens is 254 g/mol. The van der Waals surface area contributed by atoms with Crippen molar-refractivity contribution >= 4 is 6.08 Å². The molecule has 2 aliphatic rings. The number of hydrogen-bond acceptors (Lipinski definition) is 1. The highest BCUT2D eigenvalue weighted by Crippen LogP contribution is 2.36. The number of benzene rings is 2. The van der Waals surface area contributed by atoms with Gasteiger partial charge in [0.15, 0.2) is 0 Å². The van der Waals surface area contributed by atoms with Gasteiger partial charge in [-0.25, -0.2) is 0 Å². The van der Waals surface area contributed by atoms with Gasteiger partial charge in [-0.3, -0.25) is 0 Å². The molecule has 1 heterocycles. The van der Waals surface area contributed by atoms with Crippen molar-refractivity contribution < 1.29 is 0 Å². The molecular formula is C20H21N. The first-order chi connectivity index (χ1) is 10.4. The normalized spacial score (nSPS) is 23.4. The average molecular weight is 275 g/mol. The molecule has 4 rings (SSSR count). The maximum absolute atomic E-state index is 3.58. The van der Waals surface area contributed by atoms with Crippen LogP contribution in [-0.4, -0.2) is 13.1 Å². The predicted octanol–water partition coefficient (Wildman–Crippen LogP) is 3.73. The molecule has 1 saturated heterocycles. The summed E-state index contributed by atoms with van der Waals surface area (Å²) in [4.78, 5) is 0. The van der Waals surface area contributed by atoms with E-state index in [0.29, 0.717) is 0 Å². The lowest BCUT2D eigenvalue weighted by molar-refractivity contribution is 0.467. The predicted molar refractivity (Wildman–Crippen MR) is 88.5 cm³/mol. The maximum Gasteiger partial charge on any atom is 0.0130 e. The van der Waals surface area contributed by atoms with Crippen molar-refractivity contribution in [1.82, 2.24) is 5.32 Å². The number of hydrogen-bond donors (Lipinski definition) is 1. The van der Waals surface area contributed by atoms with Crippen LogP contribution in [-0.2, 0) is 18.3 Å². The van der Waals surface area contributed by atoms with Gasteiger partial charge in [0.2, 0.25) is 0 Å². The molecule has 1 heteroatoms. The molecule has 0 unspecified atom stereocenters. The van der Waals surface area contributed by atoms with Gasteiger partial charge in [-0.05, 0) is 48.1 Å². The summed E-state index contributed by atoms with van der Waals surface area (Å²) in [6.07, 6.45) is 7.97. The van der Waals surface area contributed by atoms with Gasteiger partial charge in [0.1, 0.15) is 0 Å². The van der Waals surface area contributed by atoms with Crippen LogP contribution in [0.25, 0.3) is 6.08 Å². The summed E-state index contributed by atoms with van der Waals surface area (Å²) in [7, 11) is 0. The summed E-state index contributed by atoms with van der Waals surface area (Å²) in [6, 6.07) is 18.0. The van der Waals surface area contributed by atoms with Gasteiger partial charge in [-0.1, -0.05) is 60.7 Å². The number of nitrogens with one attached hydrogen (secondary N) is 1. The van der Waals surface area contributed by atoms with E-state index < -0.39 is 0 Å². The lowest BCUT2D eigenvalue weighted by Gasteiger charge is -2.30. The Balaban J connectivity index is 1.71. The second-order valence-corrected chi connectivity index (χ2v) is 6.39. The molecule has 1 nitrogen and oxygen atoms in total. The Hall–Kier alpha value is -1.86. The minimum Gasteiger partial charge on any atom is -0.316 e. The summed E-state index contributed by atoms with van der Waals surface area (Å²) in [6.45, 7) is 2.22. The number of rotatable bonds is 3. The summed E-state index contributed by atoms with van der Waals surface area (Å²) in [5.41, 5.74) is 6.11. The van der Waals surface area contributed by atoms with Crippen LogP contribution in [0.2, 0.25) is 0 Å². The number of fused-ring (bicyclic) bond motifs is 1. The third kappa shape index (κ3) is 2.32.